The molecule has 2 amide bonds. The summed E-state index contributed by atoms with van der Waals surface area (Å²) in [6.45, 7) is 3.02. The van der Waals surface area contributed by atoms with Crippen LogP contribution in [0.4, 0.5) is 0 Å². The van der Waals surface area contributed by atoms with E-state index in [0.29, 0.717) is 18.9 Å². The van der Waals surface area contributed by atoms with Crippen molar-refractivity contribution in [2.45, 2.75) is 44.6 Å². The van der Waals surface area contributed by atoms with E-state index in [2.05, 4.69) is 27.4 Å². The van der Waals surface area contributed by atoms with Gasteiger partial charge in [0.2, 0.25) is 5.91 Å². The van der Waals surface area contributed by atoms with E-state index < -0.39 is 5.56 Å². The first kappa shape index (κ1) is 19.0. The lowest BCUT2D eigenvalue weighted by atomic mass is 9.90. The van der Waals surface area contributed by atoms with Crippen LogP contribution in [0.3, 0.4) is 0 Å². The fourth-order valence-corrected chi connectivity index (χ4v) is 5.55. The third-order valence-corrected chi connectivity index (χ3v) is 7.05. The zero-order valence-corrected chi connectivity index (χ0v) is 17.1. The highest BCUT2D eigenvalue weighted by Crippen LogP contribution is 2.40. The van der Waals surface area contributed by atoms with Gasteiger partial charge in [-0.1, -0.05) is 24.3 Å². The zero-order chi connectivity index (χ0) is 20.8. The maximum absolute atomic E-state index is 13.3. The summed E-state index contributed by atoms with van der Waals surface area (Å²) in [5, 5.41) is 3.07. The van der Waals surface area contributed by atoms with Crippen LogP contribution in [-0.2, 0) is 11.2 Å². The maximum atomic E-state index is 13.3. The summed E-state index contributed by atoms with van der Waals surface area (Å²) >= 11 is 0. The van der Waals surface area contributed by atoms with Gasteiger partial charge in [0.15, 0.2) is 0 Å². The number of amides is 2. The highest BCUT2D eigenvalue weighted by Gasteiger charge is 2.45. The van der Waals surface area contributed by atoms with Gasteiger partial charge in [-0.25, -0.2) is 4.98 Å². The Morgan fingerprint density at radius 2 is 1.87 bits per heavy atom. The number of hydrogen-bond donors (Lipinski definition) is 2. The molecular weight excluding hydrogens is 380 g/mol. The molecule has 0 spiro atoms. The van der Waals surface area contributed by atoms with Gasteiger partial charge in [0.1, 0.15) is 11.4 Å². The molecule has 2 unspecified atom stereocenters. The number of piperidine rings is 1. The predicted molar refractivity (Wildman–Crippen MR) is 111 cm³/mol. The molecule has 1 aromatic heterocycles. The average molecular weight is 406 g/mol. The van der Waals surface area contributed by atoms with Gasteiger partial charge in [0, 0.05) is 25.3 Å². The van der Waals surface area contributed by atoms with Gasteiger partial charge in [0.25, 0.3) is 11.5 Å². The van der Waals surface area contributed by atoms with Gasteiger partial charge >= 0.3 is 0 Å². The molecule has 2 aliphatic carbocycles. The predicted octanol–water partition coefficient (Wildman–Crippen LogP) is 1.78. The SMILES string of the molecule is Cc1ncc(C(=O)NC2[C@@H]3CC[C@H]2CN(C(=O)C2CCc4ccccc42)C3)c(=O)[nH]1. The molecule has 7 heteroatoms. The Kier molecular flexibility index (Phi) is 4.68. The molecule has 2 aromatic rings. The molecule has 1 saturated carbocycles. The maximum Gasteiger partial charge on any atom is 0.263 e. The molecule has 2 fully saturated rings. The highest BCUT2D eigenvalue weighted by atomic mass is 16.2. The van der Waals surface area contributed by atoms with Gasteiger partial charge in [-0.15, -0.1) is 0 Å². The molecule has 4 atom stereocenters. The Labute approximate surface area is 174 Å². The van der Waals surface area contributed by atoms with Crippen molar-refractivity contribution in [3.05, 3.63) is 63.3 Å². The highest BCUT2D eigenvalue weighted by molar-refractivity contribution is 5.93. The van der Waals surface area contributed by atoms with Crippen LogP contribution in [0.15, 0.2) is 35.3 Å². The number of rotatable bonds is 3. The lowest BCUT2D eigenvalue weighted by Gasteiger charge is -2.39. The van der Waals surface area contributed by atoms with E-state index in [1.54, 1.807) is 6.92 Å². The minimum atomic E-state index is -0.417. The van der Waals surface area contributed by atoms with E-state index >= 15 is 0 Å². The number of benzene rings is 1. The molecule has 156 valence electrons. The monoisotopic (exact) mass is 406 g/mol. The molecule has 1 aliphatic heterocycles. The van der Waals surface area contributed by atoms with Crippen LogP contribution >= 0.6 is 0 Å². The lowest BCUT2D eigenvalue weighted by molar-refractivity contribution is -0.135. The van der Waals surface area contributed by atoms with Crippen molar-refractivity contribution in [1.82, 2.24) is 20.2 Å². The Morgan fingerprint density at radius 1 is 1.13 bits per heavy atom. The molecule has 3 aliphatic rings. The first-order valence-corrected chi connectivity index (χ1v) is 10.7. The van der Waals surface area contributed by atoms with Crippen molar-refractivity contribution in [3.63, 3.8) is 0 Å². The summed E-state index contributed by atoms with van der Waals surface area (Å²) in [6.07, 6.45) is 5.16. The third kappa shape index (κ3) is 3.22. The number of likely N-dealkylation sites (tertiary alicyclic amines) is 1. The second-order valence-corrected chi connectivity index (χ2v) is 8.84. The average Bonchev–Trinajstić information content (AvgIpc) is 3.24. The number of fused-ring (bicyclic) bond motifs is 3. The van der Waals surface area contributed by atoms with Gasteiger partial charge in [-0.2, -0.15) is 0 Å². The molecule has 0 radical (unpaired) electrons. The number of nitrogens with zero attached hydrogens (tertiary/aromatic N) is 2. The van der Waals surface area contributed by atoms with Crippen LogP contribution in [0.1, 0.15) is 52.5 Å². The number of H-pyrrole nitrogens is 1. The molecule has 2 N–H and O–H groups in total. The van der Waals surface area contributed by atoms with Crippen LogP contribution < -0.4 is 10.9 Å². The second kappa shape index (κ2) is 7.38. The third-order valence-electron chi connectivity index (χ3n) is 7.05. The topological polar surface area (TPSA) is 95.2 Å². The molecule has 30 heavy (non-hydrogen) atoms. The van der Waals surface area contributed by atoms with Crippen molar-refractivity contribution in [2.75, 3.05) is 13.1 Å². The standard InChI is InChI=1S/C23H26N4O3/c1-13-24-10-19(21(28)25-13)22(29)26-20-15-6-7-16(20)12-27(11-15)23(30)18-9-8-14-4-2-3-5-17(14)18/h2-5,10,15-16,18,20H,6-9,11-12H2,1H3,(H,26,29)(H,24,25,28)/t15-,16+,18?,20?. The Morgan fingerprint density at radius 3 is 2.60 bits per heavy atom. The van der Waals surface area contributed by atoms with E-state index in [-0.39, 0.29) is 41.2 Å². The molecule has 2 heterocycles. The molecule has 1 aromatic carbocycles. The number of nitrogens with one attached hydrogen (secondary N) is 2. The first-order valence-electron chi connectivity index (χ1n) is 10.7. The number of aryl methyl sites for hydroxylation is 2. The van der Waals surface area contributed by atoms with Gasteiger partial charge < -0.3 is 15.2 Å². The zero-order valence-electron chi connectivity index (χ0n) is 17.1. The largest absolute Gasteiger partial charge is 0.348 e. The Balaban J connectivity index is 1.28. The van der Waals surface area contributed by atoms with Crippen LogP contribution in [0.25, 0.3) is 0 Å². The molecule has 2 bridgehead atoms. The molecule has 5 rings (SSSR count). The van der Waals surface area contributed by atoms with E-state index in [0.717, 1.165) is 25.7 Å². The van der Waals surface area contributed by atoms with E-state index in [4.69, 9.17) is 0 Å². The molecule has 7 nitrogen and oxygen atoms in total. The van der Waals surface area contributed by atoms with Crippen LogP contribution in [-0.4, -0.2) is 45.8 Å². The molecule has 1 saturated heterocycles. The van der Waals surface area contributed by atoms with Gasteiger partial charge in [-0.3, -0.25) is 14.4 Å². The molecular formula is C23H26N4O3. The number of aromatic nitrogens is 2. The number of carbonyl (C=O) groups excluding carboxylic acids is 2. The summed E-state index contributed by atoms with van der Waals surface area (Å²) in [5.41, 5.74) is 2.09. The Bertz CT molecular complexity index is 1050. The van der Waals surface area contributed by atoms with Crippen molar-refractivity contribution in [1.29, 1.82) is 0 Å². The van der Waals surface area contributed by atoms with Crippen molar-refractivity contribution < 1.29 is 9.59 Å². The normalized spacial score (nSPS) is 27.0. The fourth-order valence-electron chi connectivity index (χ4n) is 5.55. The summed E-state index contributed by atoms with van der Waals surface area (Å²) in [5.74, 6) is 0.744. The quantitative estimate of drug-likeness (QED) is 0.812. The Hall–Kier alpha value is -2.96. The van der Waals surface area contributed by atoms with Crippen LogP contribution in [0, 0.1) is 18.8 Å². The van der Waals surface area contributed by atoms with Gasteiger partial charge in [0.05, 0.1) is 5.92 Å². The van der Waals surface area contributed by atoms with E-state index in [1.165, 1.54) is 17.3 Å². The number of aromatic amines is 1. The summed E-state index contributed by atoms with van der Waals surface area (Å²) in [7, 11) is 0. The van der Waals surface area contributed by atoms with E-state index in [9.17, 15) is 14.4 Å². The van der Waals surface area contributed by atoms with E-state index in [1.807, 2.05) is 17.0 Å². The first-order chi connectivity index (χ1) is 14.5. The lowest BCUT2D eigenvalue weighted by Crippen LogP contribution is -2.55. The second-order valence-electron chi connectivity index (χ2n) is 8.84. The van der Waals surface area contributed by atoms with Crippen molar-refractivity contribution >= 4 is 11.8 Å². The minimum absolute atomic E-state index is 0.00174. The van der Waals surface area contributed by atoms with Crippen LogP contribution in [0.2, 0.25) is 0 Å². The van der Waals surface area contributed by atoms with Gasteiger partial charge in [-0.05, 0) is 55.6 Å². The van der Waals surface area contributed by atoms with Crippen molar-refractivity contribution in [3.8, 4) is 0 Å². The smallest absolute Gasteiger partial charge is 0.263 e. The minimum Gasteiger partial charge on any atom is -0.348 e. The van der Waals surface area contributed by atoms with Crippen LogP contribution in [0.5, 0.6) is 0 Å². The van der Waals surface area contributed by atoms with Crippen molar-refractivity contribution in [2.24, 2.45) is 11.8 Å². The summed E-state index contributed by atoms with van der Waals surface area (Å²) < 4.78 is 0. The fraction of sp³-hybridized carbons (Fsp3) is 0.478. The summed E-state index contributed by atoms with van der Waals surface area (Å²) in [6, 6.07) is 8.25. The number of carbonyl (C=O) groups is 2. The number of hydrogen-bond acceptors (Lipinski definition) is 4. The summed E-state index contributed by atoms with van der Waals surface area (Å²) in [4.78, 5) is 46.7.